The smallest absolute Gasteiger partial charge is 0.243 e. The van der Waals surface area contributed by atoms with Crippen molar-refractivity contribution in [2.24, 2.45) is 11.0 Å². The SMILES string of the molecule is O=C(NN=Cc1cc(Br)ccc1O)C1CCN(Cc2ccc(Cl)cc2)CC1. The molecule has 0 aliphatic carbocycles. The van der Waals surface area contributed by atoms with Gasteiger partial charge in [0.05, 0.1) is 6.21 Å². The van der Waals surface area contributed by atoms with Gasteiger partial charge in [0.1, 0.15) is 5.75 Å². The van der Waals surface area contributed by atoms with Crippen LogP contribution < -0.4 is 5.43 Å². The van der Waals surface area contributed by atoms with Crippen LogP contribution in [0.5, 0.6) is 5.75 Å². The maximum Gasteiger partial charge on any atom is 0.243 e. The summed E-state index contributed by atoms with van der Waals surface area (Å²) in [6, 6.07) is 12.9. The van der Waals surface area contributed by atoms with Gasteiger partial charge in [-0.05, 0) is 61.8 Å². The van der Waals surface area contributed by atoms with E-state index in [1.165, 1.54) is 11.8 Å². The van der Waals surface area contributed by atoms with Crippen LogP contribution in [0.25, 0.3) is 0 Å². The van der Waals surface area contributed by atoms with Crippen molar-refractivity contribution in [2.45, 2.75) is 19.4 Å². The third-order valence-electron chi connectivity index (χ3n) is 4.65. The average molecular weight is 451 g/mol. The number of phenols is 1. The summed E-state index contributed by atoms with van der Waals surface area (Å²) in [6.07, 6.45) is 3.06. The quantitative estimate of drug-likeness (QED) is 0.531. The Morgan fingerprint density at radius 1 is 1.26 bits per heavy atom. The van der Waals surface area contributed by atoms with Gasteiger partial charge in [-0.2, -0.15) is 5.10 Å². The number of aromatic hydroxyl groups is 1. The highest BCUT2D eigenvalue weighted by atomic mass is 79.9. The minimum absolute atomic E-state index is 0.0419. The lowest BCUT2D eigenvalue weighted by atomic mass is 9.96. The zero-order chi connectivity index (χ0) is 19.2. The van der Waals surface area contributed by atoms with Crippen molar-refractivity contribution < 1.29 is 9.90 Å². The van der Waals surface area contributed by atoms with Crippen LogP contribution in [0.1, 0.15) is 24.0 Å². The van der Waals surface area contributed by atoms with Crippen LogP contribution in [0, 0.1) is 5.92 Å². The van der Waals surface area contributed by atoms with E-state index in [-0.39, 0.29) is 17.6 Å². The fraction of sp³-hybridized carbons (Fsp3) is 0.300. The van der Waals surface area contributed by atoms with E-state index in [0.29, 0.717) is 5.56 Å². The number of carbonyl (C=O) groups is 1. The minimum Gasteiger partial charge on any atom is -0.507 e. The van der Waals surface area contributed by atoms with Crippen LogP contribution in [-0.2, 0) is 11.3 Å². The monoisotopic (exact) mass is 449 g/mol. The van der Waals surface area contributed by atoms with Gasteiger partial charge in [-0.25, -0.2) is 5.43 Å². The fourth-order valence-electron chi connectivity index (χ4n) is 3.09. The molecule has 1 aliphatic rings. The molecule has 0 radical (unpaired) electrons. The summed E-state index contributed by atoms with van der Waals surface area (Å²) < 4.78 is 0.834. The van der Waals surface area contributed by atoms with Crippen molar-refractivity contribution in [3.63, 3.8) is 0 Å². The van der Waals surface area contributed by atoms with E-state index in [1.54, 1.807) is 18.2 Å². The largest absolute Gasteiger partial charge is 0.507 e. The summed E-state index contributed by atoms with van der Waals surface area (Å²) in [5.41, 5.74) is 4.36. The molecule has 3 rings (SSSR count). The molecule has 0 atom stereocenters. The predicted molar refractivity (Wildman–Crippen MR) is 111 cm³/mol. The van der Waals surface area contributed by atoms with Gasteiger partial charge in [-0.3, -0.25) is 9.69 Å². The maximum atomic E-state index is 12.3. The lowest BCUT2D eigenvalue weighted by molar-refractivity contribution is -0.126. The Morgan fingerprint density at radius 3 is 2.67 bits per heavy atom. The van der Waals surface area contributed by atoms with Crippen LogP contribution >= 0.6 is 27.5 Å². The summed E-state index contributed by atoms with van der Waals surface area (Å²) in [4.78, 5) is 14.7. The number of piperidine rings is 1. The van der Waals surface area contributed by atoms with Gasteiger partial charge >= 0.3 is 0 Å². The highest BCUT2D eigenvalue weighted by Crippen LogP contribution is 2.21. The molecule has 1 saturated heterocycles. The first-order chi connectivity index (χ1) is 13.0. The van der Waals surface area contributed by atoms with Gasteiger partial charge in [-0.1, -0.05) is 39.7 Å². The minimum atomic E-state index is -0.0770. The standard InChI is InChI=1S/C20H21BrClN3O2/c21-17-3-6-19(26)16(11-17)12-23-24-20(27)15-7-9-25(10-8-15)13-14-1-4-18(22)5-2-14/h1-6,11-12,15,26H,7-10,13H2,(H,24,27). The summed E-state index contributed by atoms with van der Waals surface area (Å²) in [5.74, 6) is -0.00156. The van der Waals surface area contributed by atoms with E-state index in [4.69, 9.17) is 11.6 Å². The molecule has 7 heteroatoms. The van der Waals surface area contributed by atoms with Gasteiger partial charge in [-0.15, -0.1) is 0 Å². The Balaban J connectivity index is 1.46. The number of likely N-dealkylation sites (tertiary alicyclic amines) is 1. The molecule has 5 nitrogen and oxygen atoms in total. The number of hydrazone groups is 1. The third kappa shape index (κ3) is 5.79. The molecule has 142 valence electrons. The molecule has 0 spiro atoms. The highest BCUT2D eigenvalue weighted by Gasteiger charge is 2.24. The average Bonchev–Trinajstić information content (AvgIpc) is 2.67. The van der Waals surface area contributed by atoms with E-state index in [2.05, 4.69) is 31.4 Å². The lowest BCUT2D eigenvalue weighted by Crippen LogP contribution is -2.39. The zero-order valence-electron chi connectivity index (χ0n) is 14.7. The van der Waals surface area contributed by atoms with Crippen LogP contribution in [0.2, 0.25) is 5.02 Å². The molecule has 27 heavy (non-hydrogen) atoms. The van der Waals surface area contributed by atoms with Crippen molar-refractivity contribution in [3.05, 3.63) is 63.1 Å². The van der Waals surface area contributed by atoms with Crippen LogP contribution in [-0.4, -0.2) is 35.2 Å². The normalized spacial score (nSPS) is 15.9. The summed E-state index contributed by atoms with van der Waals surface area (Å²) in [5, 5.41) is 14.5. The Bertz CT molecular complexity index is 818. The van der Waals surface area contributed by atoms with Crippen LogP contribution in [0.4, 0.5) is 0 Å². The molecule has 0 unspecified atom stereocenters. The molecule has 1 aliphatic heterocycles. The van der Waals surface area contributed by atoms with Crippen LogP contribution in [0.15, 0.2) is 52.0 Å². The van der Waals surface area contributed by atoms with Gasteiger partial charge in [0.25, 0.3) is 0 Å². The van der Waals surface area contributed by atoms with Crippen molar-refractivity contribution in [1.82, 2.24) is 10.3 Å². The van der Waals surface area contributed by atoms with Crippen molar-refractivity contribution in [2.75, 3.05) is 13.1 Å². The van der Waals surface area contributed by atoms with Gasteiger partial charge in [0.15, 0.2) is 0 Å². The molecule has 2 N–H and O–H groups in total. The van der Waals surface area contributed by atoms with Gasteiger partial charge in [0.2, 0.25) is 5.91 Å². The zero-order valence-corrected chi connectivity index (χ0v) is 17.1. The second kappa shape index (κ2) is 9.35. The topological polar surface area (TPSA) is 64.9 Å². The first-order valence-electron chi connectivity index (χ1n) is 8.79. The van der Waals surface area contributed by atoms with E-state index >= 15 is 0 Å². The number of benzene rings is 2. The Labute approximate surface area is 172 Å². The maximum absolute atomic E-state index is 12.3. The Morgan fingerprint density at radius 2 is 1.96 bits per heavy atom. The summed E-state index contributed by atoms with van der Waals surface area (Å²) in [6.45, 7) is 2.61. The second-order valence-corrected chi connectivity index (χ2v) is 7.97. The first-order valence-corrected chi connectivity index (χ1v) is 9.96. The number of nitrogens with one attached hydrogen (secondary N) is 1. The lowest BCUT2D eigenvalue weighted by Gasteiger charge is -2.30. The highest BCUT2D eigenvalue weighted by molar-refractivity contribution is 9.10. The number of amides is 1. The molecule has 0 aromatic heterocycles. The first kappa shape index (κ1) is 19.9. The fourth-order valence-corrected chi connectivity index (χ4v) is 3.59. The van der Waals surface area contributed by atoms with Gasteiger partial charge in [0, 0.05) is 27.5 Å². The van der Waals surface area contributed by atoms with Gasteiger partial charge < -0.3 is 5.11 Å². The molecular formula is C20H21BrClN3O2. The molecule has 0 saturated carbocycles. The van der Waals surface area contributed by atoms with E-state index in [1.807, 2.05) is 24.3 Å². The van der Waals surface area contributed by atoms with E-state index < -0.39 is 0 Å². The second-order valence-electron chi connectivity index (χ2n) is 6.61. The molecule has 1 fully saturated rings. The van der Waals surface area contributed by atoms with E-state index in [9.17, 15) is 9.90 Å². The molecule has 2 aromatic carbocycles. The van der Waals surface area contributed by atoms with Crippen molar-refractivity contribution >= 4 is 39.7 Å². The summed E-state index contributed by atoms with van der Waals surface area (Å²) in [7, 11) is 0. The van der Waals surface area contributed by atoms with Crippen molar-refractivity contribution in [1.29, 1.82) is 0 Å². The molecular weight excluding hydrogens is 430 g/mol. The number of hydrogen-bond donors (Lipinski definition) is 2. The number of hydrogen-bond acceptors (Lipinski definition) is 4. The number of halogens is 2. The summed E-state index contributed by atoms with van der Waals surface area (Å²) >= 11 is 9.26. The third-order valence-corrected chi connectivity index (χ3v) is 5.39. The number of nitrogens with zero attached hydrogens (tertiary/aromatic N) is 2. The van der Waals surface area contributed by atoms with Crippen LogP contribution in [0.3, 0.4) is 0 Å². The molecule has 0 bridgehead atoms. The van der Waals surface area contributed by atoms with E-state index in [0.717, 1.165) is 42.0 Å². The predicted octanol–water partition coefficient (Wildman–Crippen LogP) is 4.17. The Kier molecular flexibility index (Phi) is 6.88. The number of phenolic OH excluding ortho intramolecular Hbond substituents is 1. The Hall–Kier alpha value is -1.89. The number of carbonyl (C=O) groups excluding carboxylic acids is 1. The van der Waals surface area contributed by atoms with Crippen molar-refractivity contribution in [3.8, 4) is 5.75 Å². The number of rotatable bonds is 5. The molecule has 1 heterocycles. The molecule has 2 aromatic rings. The molecule has 1 amide bonds.